The molecule has 0 saturated heterocycles. The minimum absolute atomic E-state index is 0.698. The number of nitrogens with zero attached hydrogens (tertiary/aromatic N) is 2. The van der Waals surface area contributed by atoms with E-state index in [9.17, 15) is 0 Å². The molecular formula is C10H10N2O. The average molecular weight is 174 g/mol. The molecule has 66 valence electrons. The Balaban J connectivity index is 2.53. The summed E-state index contributed by atoms with van der Waals surface area (Å²) in [5.41, 5.74) is 1.94. The largest absolute Gasteiger partial charge is 0.441 e. The highest BCUT2D eigenvalue weighted by molar-refractivity contribution is 5.58. The number of hydrogen-bond acceptors (Lipinski definition) is 3. The van der Waals surface area contributed by atoms with E-state index in [1.807, 2.05) is 26.0 Å². The Morgan fingerprint density at radius 1 is 1.15 bits per heavy atom. The lowest BCUT2D eigenvalue weighted by Crippen LogP contribution is -1.78. The van der Waals surface area contributed by atoms with E-state index < -0.39 is 0 Å². The van der Waals surface area contributed by atoms with E-state index in [0.717, 1.165) is 17.0 Å². The molecule has 2 aromatic heterocycles. The molecule has 0 saturated carbocycles. The summed E-state index contributed by atoms with van der Waals surface area (Å²) in [5.74, 6) is 1.53. The van der Waals surface area contributed by atoms with Gasteiger partial charge in [-0.25, -0.2) is 4.98 Å². The molecule has 0 fully saturated rings. The van der Waals surface area contributed by atoms with E-state index in [1.54, 1.807) is 12.4 Å². The van der Waals surface area contributed by atoms with Crippen LogP contribution in [0.15, 0.2) is 28.9 Å². The van der Waals surface area contributed by atoms with Gasteiger partial charge in [-0.15, -0.1) is 0 Å². The third-order valence-electron chi connectivity index (χ3n) is 1.85. The van der Waals surface area contributed by atoms with Crippen LogP contribution in [0.25, 0.3) is 11.3 Å². The Morgan fingerprint density at radius 3 is 2.38 bits per heavy atom. The Kier molecular flexibility index (Phi) is 1.85. The van der Waals surface area contributed by atoms with Gasteiger partial charge in [0, 0.05) is 24.9 Å². The van der Waals surface area contributed by atoms with E-state index in [0.29, 0.717) is 5.89 Å². The van der Waals surface area contributed by atoms with Crippen molar-refractivity contribution >= 4 is 0 Å². The van der Waals surface area contributed by atoms with Crippen molar-refractivity contribution in [1.29, 1.82) is 0 Å². The third-order valence-corrected chi connectivity index (χ3v) is 1.85. The zero-order valence-corrected chi connectivity index (χ0v) is 7.61. The summed E-state index contributed by atoms with van der Waals surface area (Å²) < 4.78 is 5.46. The minimum atomic E-state index is 0.698. The first-order valence-corrected chi connectivity index (χ1v) is 4.12. The van der Waals surface area contributed by atoms with Crippen LogP contribution in [0.4, 0.5) is 0 Å². The highest BCUT2D eigenvalue weighted by atomic mass is 16.4. The van der Waals surface area contributed by atoms with Gasteiger partial charge >= 0.3 is 0 Å². The van der Waals surface area contributed by atoms with E-state index >= 15 is 0 Å². The van der Waals surface area contributed by atoms with E-state index in [4.69, 9.17) is 4.42 Å². The third kappa shape index (κ3) is 1.45. The highest BCUT2D eigenvalue weighted by Crippen LogP contribution is 2.22. The molecule has 0 amide bonds. The molecule has 3 nitrogen and oxygen atoms in total. The van der Waals surface area contributed by atoms with Gasteiger partial charge in [0.2, 0.25) is 0 Å². The van der Waals surface area contributed by atoms with Gasteiger partial charge in [0.15, 0.2) is 11.7 Å². The first-order chi connectivity index (χ1) is 6.27. The molecule has 0 N–H and O–H groups in total. The molecule has 3 heteroatoms. The number of pyridine rings is 1. The summed E-state index contributed by atoms with van der Waals surface area (Å²) in [5, 5.41) is 0. The van der Waals surface area contributed by atoms with Crippen molar-refractivity contribution in [2.75, 3.05) is 0 Å². The van der Waals surface area contributed by atoms with E-state index in [2.05, 4.69) is 9.97 Å². The van der Waals surface area contributed by atoms with Gasteiger partial charge in [0.05, 0.1) is 5.69 Å². The molecule has 0 radical (unpaired) electrons. The van der Waals surface area contributed by atoms with Crippen LogP contribution in [0.3, 0.4) is 0 Å². The molecule has 0 atom stereocenters. The van der Waals surface area contributed by atoms with Crippen molar-refractivity contribution < 1.29 is 4.42 Å². The molecule has 0 unspecified atom stereocenters. The Morgan fingerprint density at radius 2 is 1.85 bits per heavy atom. The van der Waals surface area contributed by atoms with Crippen LogP contribution in [0.5, 0.6) is 0 Å². The minimum Gasteiger partial charge on any atom is -0.441 e. The highest BCUT2D eigenvalue weighted by Gasteiger charge is 2.07. The molecule has 0 bridgehead atoms. The number of hydrogen-bond donors (Lipinski definition) is 0. The molecule has 0 aliphatic rings. The predicted octanol–water partition coefficient (Wildman–Crippen LogP) is 2.35. The van der Waals surface area contributed by atoms with Crippen LogP contribution in [-0.2, 0) is 0 Å². The molecular weight excluding hydrogens is 164 g/mol. The Labute approximate surface area is 76.5 Å². The van der Waals surface area contributed by atoms with Gasteiger partial charge < -0.3 is 4.42 Å². The first kappa shape index (κ1) is 7.98. The quantitative estimate of drug-likeness (QED) is 0.666. The topological polar surface area (TPSA) is 38.9 Å². The SMILES string of the molecule is Cc1nc(C)c(-c2ccncc2)o1. The van der Waals surface area contributed by atoms with Gasteiger partial charge in [-0.1, -0.05) is 0 Å². The van der Waals surface area contributed by atoms with Gasteiger partial charge in [0.25, 0.3) is 0 Å². The van der Waals surface area contributed by atoms with Crippen molar-refractivity contribution in [3.8, 4) is 11.3 Å². The summed E-state index contributed by atoms with van der Waals surface area (Å²) in [6.45, 7) is 3.78. The van der Waals surface area contributed by atoms with Gasteiger partial charge in [-0.05, 0) is 19.1 Å². The number of oxazole rings is 1. The normalized spacial score (nSPS) is 10.3. The smallest absolute Gasteiger partial charge is 0.192 e. The Hall–Kier alpha value is -1.64. The van der Waals surface area contributed by atoms with Crippen LogP contribution in [0, 0.1) is 13.8 Å². The van der Waals surface area contributed by atoms with E-state index in [-0.39, 0.29) is 0 Å². The second-order valence-electron chi connectivity index (χ2n) is 2.88. The van der Waals surface area contributed by atoms with Crippen molar-refractivity contribution in [1.82, 2.24) is 9.97 Å². The van der Waals surface area contributed by atoms with Crippen molar-refractivity contribution in [3.05, 3.63) is 36.1 Å². The van der Waals surface area contributed by atoms with Gasteiger partial charge in [-0.3, -0.25) is 4.98 Å². The summed E-state index contributed by atoms with van der Waals surface area (Å²) in [7, 11) is 0. The molecule has 2 heterocycles. The molecule has 13 heavy (non-hydrogen) atoms. The standard InChI is InChI=1S/C10H10N2O/c1-7-10(13-8(2)12-7)9-3-5-11-6-4-9/h3-6H,1-2H3. The van der Waals surface area contributed by atoms with Crippen molar-refractivity contribution in [2.45, 2.75) is 13.8 Å². The average Bonchev–Trinajstić information content (AvgIpc) is 2.47. The molecule has 2 rings (SSSR count). The monoisotopic (exact) mass is 174 g/mol. The van der Waals surface area contributed by atoms with Gasteiger partial charge in [0.1, 0.15) is 0 Å². The lowest BCUT2D eigenvalue weighted by molar-refractivity contribution is 0.534. The van der Waals surface area contributed by atoms with Crippen LogP contribution < -0.4 is 0 Å². The maximum absolute atomic E-state index is 5.46. The summed E-state index contributed by atoms with van der Waals surface area (Å²) in [4.78, 5) is 8.15. The van der Waals surface area contributed by atoms with Crippen LogP contribution in [0.2, 0.25) is 0 Å². The second-order valence-corrected chi connectivity index (χ2v) is 2.88. The number of aromatic nitrogens is 2. The summed E-state index contributed by atoms with van der Waals surface area (Å²) >= 11 is 0. The summed E-state index contributed by atoms with van der Waals surface area (Å²) in [6.07, 6.45) is 3.49. The fourth-order valence-electron chi connectivity index (χ4n) is 1.30. The lowest BCUT2D eigenvalue weighted by Gasteiger charge is -1.94. The fraction of sp³-hybridized carbons (Fsp3) is 0.200. The zero-order chi connectivity index (χ0) is 9.26. The molecule has 0 spiro atoms. The fourth-order valence-corrected chi connectivity index (χ4v) is 1.30. The van der Waals surface area contributed by atoms with Crippen LogP contribution in [0.1, 0.15) is 11.6 Å². The van der Waals surface area contributed by atoms with Gasteiger partial charge in [-0.2, -0.15) is 0 Å². The maximum Gasteiger partial charge on any atom is 0.192 e. The molecule has 2 aromatic rings. The van der Waals surface area contributed by atoms with Crippen LogP contribution in [-0.4, -0.2) is 9.97 Å². The van der Waals surface area contributed by atoms with Crippen LogP contribution >= 0.6 is 0 Å². The molecule has 0 aliphatic heterocycles. The van der Waals surface area contributed by atoms with Crippen molar-refractivity contribution in [2.24, 2.45) is 0 Å². The predicted molar refractivity (Wildman–Crippen MR) is 49.2 cm³/mol. The lowest BCUT2D eigenvalue weighted by atomic mass is 10.2. The summed E-state index contributed by atoms with van der Waals surface area (Å²) in [6, 6.07) is 3.82. The molecule has 0 aliphatic carbocycles. The van der Waals surface area contributed by atoms with E-state index in [1.165, 1.54) is 0 Å². The zero-order valence-electron chi connectivity index (χ0n) is 7.61. The number of rotatable bonds is 1. The second kappa shape index (κ2) is 3.01. The maximum atomic E-state index is 5.46. The first-order valence-electron chi connectivity index (χ1n) is 4.12. The Bertz CT molecular complexity index is 406. The molecule has 0 aromatic carbocycles. The van der Waals surface area contributed by atoms with Crippen molar-refractivity contribution in [3.63, 3.8) is 0 Å². The number of aryl methyl sites for hydroxylation is 2.